The van der Waals surface area contributed by atoms with E-state index in [1.807, 2.05) is 57.2 Å². The van der Waals surface area contributed by atoms with E-state index in [0.717, 1.165) is 37.8 Å². The Morgan fingerprint density at radius 3 is 2.74 bits per heavy atom. The lowest BCUT2D eigenvalue weighted by molar-refractivity contribution is -0.131. The monoisotopic (exact) mass is 733 g/mol. The van der Waals surface area contributed by atoms with Crippen LogP contribution in [-0.2, 0) is 21.4 Å². The van der Waals surface area contributed by atoms with E-state index in [1.54, 1.807) is 18.5 Å². The summed E-state index contributed by atoms with van der Waals surface area (Å²) < 4.78 is 26.5. The fourth-order valence-corrected chi connectivity index (χ4v) is 8.09. The smallest absolute Gasteiger partial charge is 0.308 e. The third-order valence-electron chi connectivity index (χ3n) is 9.95. The van der Waals surface area contributed by atoms with Gasteiger partial charge in [-0.15, -0.1) is 0 Å². The summed E-state index contributed by atoms with van der Waals surface area (Å²) >= 11 is 3.76. The zero-order chi connectivity index (χ0) is 34.5. The van der Waals surface area contributed by atoms with E-state index < -0.39 is 23.7 Å². The first-order chi connectivity index (χ1) is 24.1. The second-order valence-electron chi connectivity index (χ2n) is 13.5. The number of rotatable bonds is 4. The van der Waals surface area contributed by atoms with Crippen molar-refractivity contribution >= 4 is 44.4 Å². The minimum Gasteiger partial charge on any atom is -0.469 e. The van der Waals surface area contributed by atoms with Crippen LogP contribution < -0.4 is 20.1 Å². The molecule has 4 bridgehead atoms. The maximum absolute atomic E-state index is 13.6. The standard InChI is InChI=1S/C38H32BrN5O6/c1-17(2)29-36-43-32(35-41-16-28(48-35)22-15-40-30-21(22)7-5-10-27(30)47-19(4)45)33(50-36)38-23-8-6-9-25(39)31(23)44-37(38)49-26-12-11-20(14-24(26)38)13-18(3)34(46)42-29/h5-12,14-18,29,37,40,44H,13H2,1-4H3,(H,42,46)/t18-,29-,37-,38?/m0/s1. The number of hydrogen-bond acceptors (Lipinski definition) is 9. The van der Waals surface area contributed by atoms with Crippen LogP contribution in [0.1, 0.15) is 62.1 Å². The number of halogens is 1. The van der Waals surface area contributed by atoms with Gasteiger partial charge in [-0.05, 0) is 52.0 Å². The summed E-state index contributed by atoms with van der Waals surface area (Å²) in [7, 11) is 0. The largest absolute Gasteiger partial charge is 0.469 e. The van der Waals surface area contributed by atoms with E-state index in [-0.39, 0.29) is 23.6 Å². The van der Waals surface area contributed by atoms with Gasteiger partial charge >= 0.3 is 5.97 Å². The normalized spacial score (nSPS) is 21.9. The first-order valence-electron chi connectivity index (χ1n) is 16.6. The van der Waals surface area contributed by atoms with Crippen molar-refractivity contribution in [3.8, 4) is 34.4 Å². The number of H-pyrrole nitrogens is 1. The minimum atomic E-state index is -0.979. The number of amides is 1. The van der Waals surface area contributed by atoms with Crippen molar-refractivity contribution in [3.05, 3.63) is 99.8 Å². The highest BCUT2D eigenvalue weighted by atomic mass is 79.9. The number of esters is 1. The second-order valence-corrected chi connectivity index (χ2v) is 14.4. The van der Waals surface area contributed by atoms with Crippen LogP contribution in [0.4, 0.5) is 5.69 Å². The molecule has 3 aliphatic heterocycles. The molecule has 3 aliphatic rings. The molecule has 3 N–H and O–H groups in total. The van der Waals surface area contributed by atoms with Crippen LogP contribution in [0.25, 0.3) is 33.8 Å². The zero-order valence-electron chi connectivity index (χ0n) is 27.6. The van der Waals surface area contributed by atoms with E-state index in [2.05, 4.69) is 43.7 Å². The van der Waals surface area contributed by atoms with Crippen LogP contribution in [0.2, 0.25) is 0 Å². The molecule has 1 unspecified atom stereocenters. The molecule has 0 saturated carbocycles. The molecule has 252 valence electrons. The van der Waals surface area contributed by atoms with Gasteiger partial charge in [0.05, 0.1) is 17.4 Å². The van der Waals surface area contributed by atoms with Crippen molar-refractivity contribution in [2.75, 3.05) is 5.32 Å². The lowest BCUT2D eigenvalue weighted by Gasteiger charge is -2.28. The number of aromatic amines is 1. The molecule has 3 aromatic carbocycles. The Balaban J connectivity index is 1.29. The quantitative estimate of drug-likeness (QED) is 0.123. The number of hydrogen-bond donors (Lipinski definition) is 3. The molecule has 12 heteroatoms. The average molecular weight is 735 g/mol. The van der Waals surface area contributed by atoms with Gasteiger partial charge in [-0.25, -0.2) is 9.97 Å². The molecule has 0 saturated heterocycles. The van der Waals surface area contributed by atoms with Crippen molar-refractivity contribution < 1.29 is 27.9 Å². The van der Waals surface area contributed by atoms with Crippen molar-refractivity contribution in [1.82, 2.24) is 20.3 Å². The van der Waals surface area contributed by atoms with Crippen molar-refractivity contribution in [2.45, 2.75) is 51.8 Å². The van der Waals surface area contributed by atoms with Crippen molar-refractivity contribution in [1.29, 1.82) is 0 Å². The molecular formula is C38H32BrN5O6. The minimum absolute atomic E-state index is 0.0455. The number of carbonyl (C=O) groups is 2. The summed E-state index contributed by atoms with van der Waals surface area (Å²) in [6, 6.07) is 17.1. The number of fused-ring (bicyclic) bond motifs is 5. The Labute approximate surface area is 294 Å². The van der Waals surface area contributed by atoms with E-state index in [0.29, 0.717) is 46.5 Å². The molecule has 6 heterocycles. The summed E-state index contributed by atoms with van der Waals surface area (Å²) in [5.41, 5.74) is 4.57. The van der Waals surface area contributed by atoms with Gasteiger partial charge in [0.2, 0.25) is 17.7 Å². The van der Waals surface area contributed by atoms with Crippen LogP contribution in [0, 0.1) is 11.8 Å². The van der Waals surface area contributed by atoms with Crippen molar-refractivity contribution in [3.63, 3.8) is 0 Å². The van der Waals surface area contributed by atoms with Gasteiger partial charge in [-0.3, -0.25) is 9.59 Å². The van der Waals surface area contributed by atoms with Gasteiger partial charge < -0.3 is 33.9 Å². The Hall–Kier alpha value is -5.36. The third kappa shape index (κ3) is 4.40. The Morgan fingerprint density at radius 1 is 1.08 bits per heavy atom. The SMILES string of the molecule is CC(=O)Oc1cccc2c(-c3cnc(-c4nc5oc4C46c7cc(ccc7O[C@@H]4Nc4c(Br)cccc46)C[C@H](C)C(=O)N[C@H]5C(C)C)o3)c[nH]c12. The van der Waals surface area contributed by atoms with E-state index in [4.69, 9.17) is 28.3 Å². The molecular weight excluding hydrogens is 702 g/mol. The number of carbonyl (C=O) groups excluding carboxylic acids is 2. The summed E-state index contributed by atoms with van der Waals surface area (Å²) in [6.45, 7) is 7.36. The molecule has 6 aromatic rings. The maximum Gasteiger partial charge on any atom is 0.308 e. The van der Waals surface area contributed by atoms with Crippen LogP contribution >= 0.6 is 15.9 Å². The summed E-state index contributed by atoms with van der Waals surface area (Å²) in [5.74, 6) is 1.86. The Kier molecular flexibility index (Phi) is 6.80. The molecule has 1 amide bonds. The van der Waals surface area contributed by atoms with Gasteiger partial charge in [0.25, 0.3) is 0 Å². The number of nitrogens with zero attached hydrogens (tertiary/aromatic N) is 2. The van der Waals surface area contributed by atoms with Crippen molar-refractivity contribution in [2.24, 2.45) is 11.8 Å². The van der Waals surface area contributed by atoms with Gasteiger partial charge in [0.1, 0.15) is 17.2 Å². The van der Waals surface area contributed by atoms with Gasteiger partial charge in [-0.2, -0.15) is 0 Å². The zero-order valence-corrected chi connectivity index (χ0v) is 29.2. The third-order valence-corrected chi connectivity index (χ3v) is 10.6. The lowest BCUT2D eigenvalue weighted by Crippen LogP contribution is -2.40. The number of nitrogens with one attached hydrogen (secondary N) is 3. The molecule has 1 spiro atoms. The molecule has 50 heavy (non-hydrogen) atoms. The molecule has 0 fully saturated rings. The Morgan fingerprint density at radius 2 is 1.92 bits per heavy atom. The molecule has 0 radical (unpaired) electrons. The highest BCUT2D eigenvalue weighted by Gasteiger charge is 2.61. The second kappa shape index (κ2) is 11.1. The van der Waals surface area contributed by atoms with Gasteiger partial charge in [-0.1, -0.05) is 57.2 Å². The highest BCUT2D eigenvalue weighted by molar-refractivity contribution is 9.10. The first-order valence-corrected chi connectivity index (χ1v) is 17.3. The van der Waals surface area contributed by atoms with Crippen LogP contribution in [0.3, 0.4) is 0 Å². The van der Waals surface area contributed by atoms with Crippen LogP contribution in [0.15, 0.2) is 80.3 Å². The fourth-order valence-electron chi connectivity index (χ4n) is 7.61. The molecule has 9 rings (SSSR count). The topological polar surface area (TPSA) is 145 Å². The molecule has 0 aliphatic carbocycles. The van der Waals surface area contributed by atoms with E-state index in [9.17, 15) is 9.59 Å². The number of anilines is 1. The Bertz CT molecular complexity index is 2370. The fraction of sp³-hybridized carbons (Fsp3) is 0.263. The van der Waals surface area contributed by atoms with E-state index >= 15 is 0 Å². The predicted octanol–water partition coefficient (Wildman–Crippen LogP) is 7.65. The lowest BCUT2D eigenvalue weighted by atomic mass is 9.72. The number of oxazole rings is 2. The summed E-state index contributed by atoms with van der Waals surface area (Å²) in [4.78, 5) is 38.4. The number of benzene rings is 3. The number of para-hydroxylation sites is 2. The highest BCUT2D eigenvalue weighted by Crippen LogP contribution is 2.60. The summed E-state index contributed by atoms with van der Waals surface area (Å²) in [5, 5.41) is 7.64. The van der Waals surface area contributed by atoms with Crippen LogP contribution in [-0.4, -0.2) is 33.1 Å². The molecule has 11 nitrogen and oxygen atoms in total. The average Bonchev–Trinajstić information content (AvgIpc) is 3.90. The predicted molar refractivity (Wildman–Crippen MR) is 188 cm³/mol. The number of ether oxygens (including phenoxy) is 2. The van der Waals surface area contributed by atoms with Gasteiger partial charge in [0, 0.05) is 45.6 Å². The number of aromatic nitrogens is 3. The van der Waals surface area contributed by atoms with Crippen LogP contribution in [0.5, 0.6) is 11.5 Å². The summed E-state index contributed by atoms with van der Waals surface area (Å²) in [6.07, 6.45) is 3.42. The molecule has 3 aromatic heterocycles. The van der Waals surface area contributed by atoms with E-state index in [1.165, 1.54) is 6.92 Å². The molecule has 4 atom stereocenters. The maximum atomic E-state index is 13.6. The van der Waals surface area contributed by atoms with Gasteiger partial charge in [0.15, 0.2) is 29.2 Å². The first kappa shape index (κ1) is 30.7.